The van der Waals surface area contributed by atoms with Crippen LogP contribution in [0, 0.1) is 11.6 Å². The summed E-state index contributed by atoms with van der Waals surface area (Å²) in [7, 11) is 0. The highest BCUT2D eigenvalue weighted by Crippen LogP contribution is 2.35. The maximum absolute atomic E-state index is 13.3. The first-order valence-electron chi connectivity index (χ1n) is 9.28. The number of nitrogens with zero attached hydrogens (tertiary/aromatic N) is 2. The van der Waals surface area contributed by atoms with Crippen LogP contribution in [0.3, 0.4) is 0 Å². The van der Waals surface area contributed by atoms with E-state index in [1.54, 1.807) is 12.1 Å². The number of hydrogen-bond acceptors (Lipinski definition) is 3. The van der Waals surface area contributed by atoms with Crippen molar-refractivity contribution in [3.05, 3.63) is 75.7 Å². The summed E-state index contributed by atoms with van der Waals surface area (Å²) < 4.78 is 26.7. The molecule has 0 unspecified atom stereocenters. The molecule has 1 aromatic heterocycles. The molecule has 1 heterocycles. The van der Waals surface area contributed by atoms with E-state index in [2.05, 4.69) is 10.5 Å². The lowest BCUT2D eigenvalue weighted by Crippen LogP contribution is -2.37. The van der Waals surface area contributed by atoms with Crippen molar-refractivity contribution in [2.24, 2.45) is 0 Å². The molecule has 4 rings (SSSR count). The van der Waals surface area contributed by atoms with Crippen molar-refractivity contribution in [2.45, 2.75) is 38.0 Å². The SMILES string of the molecule is O=C(Cc1cc(F)cc(F)c1)Nn1nc(C2CCCC2)c2ccccc2c1=O. The van der Waals surface area contributed by atoms with Gasteiger partial charge in [-0.2, -0.15) is 5.10 Å². The molecule has 1 aliphatic rings. The quantitative estimate of drug-likeness (QED) is 0.748. The van der Waals surface area contributed by atoms with Gasteiger partial charge in [-0.05, 0) is 36.6 Å². The molecule has 28 heavy (non-hydrogen) atoms. The van der Waals surface area contributed by atoms with E-state index in [1.807, 2.05) is 12.1 Å². The Hall–Kier alpha value is -3.09. The number of benzene rings is 2. The van der Waals surface area contributed by atoms with Gasteiger partial charge in [0.15, 0.2) is 0 Å². The van der Waals surface area contributed by atoms with Crippen molar-refractivity contribution in [3.8, 4) is 0 Å². The van der Waals surface area contributed by atoms with E-state index < -0.39 is 23.1 Å². The summed E-state index contributed by atoms with van der Waals surface area (Å²) in [6.07, 6.45) is 3.93. The molecular weight excluding hydrogens is 364 g/mol. The normalized spacial score (nSPS) is 14.5. The Labute approximate surface area is 160 Å². The standard InChI is InChI=1S/C21H19F2N3O2/c22-15-9-13(10-16(23)12-15)11-19(27)24-26-21(28)18-8-4-3-7-17(18)20(25-26)14-5-1-2-6-14/h3-4,7-10,12,14H,1-2,5-6,11H2,(H,24,27). The monoisotopic (exact) mass is 383 g/mol. The zero-order chi connectivity index (χ0) is 19.7. The van der Waals surface area contributed by atoms with Crippen LogP contribution in [0.5, 0.6) is 0 Å². The molecule has 2 aromatic carbocycles. The number of carbonyl (C=O) groups is 1. The van der Waals surface area contributed by atoms with Crippen LogP contribution in [0.2, 0.25) is 0 Å². The second-order valence-electron chi connectivity index (χ2n) is 7.12. The van der Waals surface area contributed by atoms with Crippen LogP contribution >= 0.6 is 0 Å². The van der Waals surface area contributed by atoms with Gasteiger partial charge in [-0.3, -0.25) is 9.59 Å². The molecule has 0 radical (unpaired) electrons. The molecular formula is C21H19F2N3O2. The molecule has 0 bridgehead atoms. The highest BCUT2D eigenvalue weighted by Gasteiger charge is 2.23. The van der Waals surface area contributed by atoms with Gasteiger partial charge in [-0.1, -0.05) is 31.0 Å². The van der Waals surface area contributed by atoms with Crippen molar-refractivity contribution < 1.29 is 13.6 Å². The lowest BCUT2D eigenvalue weighted by atomic mass is 9.99. The Bertz CT molecular complexity index is 1080. The van der Waals surface area contributed by atoms with Crippen molar-refractivity contribution in [1.29, 1.82) is 0 Å². The van der Waals surface area contributed by atoms with Crippen LogP contribution in [0.25, 0.3) is 10.8 Å². The topological polar surface area (TPSA) is 64.0 Å². The van der Waals surface area contributed by atoms with Gasteiger partial charge in [0.2, 0.25) is 5.91 Å². The second-order valence-corrected chi connectivity index (χ2v) is 7.12. The fourth-order valence-electron chi connectivity index (χ4n) is 3.85. The van der Waals surface area contributed by atoms with Crippen molar-refractivity contribution in [2.75, 3.05) is 5.43 Å². The summed E-state index contributed by atoms with van der Waals surface area (Å²) in [5.41, 5.74) is 3.01. The van der Waals surface area contributed by atoms with Gasteiger partial charge in [0.1, 0.15) is 11.6 Å². The number of aromatic nitrogens is 2. The molecule has 1 fully saturated rings. The first kappa shape index (κ1) is 18.3. The van der Waals surface area contributed by atoms with Crippen LogP contribution in [-0.2, 0) is 11.2 Å². The number of carbonyl (C=O) groups excluding carboxylic acids is 1. The first-order chi connectivity index (χ1) is 13.5. The second kappa shape index (κ2) is 7.50. The van der Waals surface area contributed by atoms with E-state index in [-0.39, 0.29) is 17.9 Å². The Balaban J connectivity index is 1.67. The van der Waals surface area contributed by atoms with Gasteiger partial charge in [-0.15, -0.1) is 4.79 Å². The molecule has 1 N–H and O–H groups in total. The number of halogens is 2. The van der Waals surface area contributed by atoms with Gasteiger partial charge in [0.05, 0.1) is 17.5 Å². The van der Waals surface area contributed by atoms with E-state index in [1.165, 1.54) is 0 Å². The van der Waals surface area contributed by atoms with E-state index in [0.29, 0.717) is 5.39 Å². The predicted octanol–water partition coefficient (Wildman–Crippen LogP) is 3.65. The summed E-state index contributed by atoms with van der Waals surface area (Å²) >= 11 is 0. The van der Waals surface area contributed by atoms with Crippen molar-refractivity contribution >= 4 is 16.7 Å². The summed E-state index contributed by atoms with van der Waals surface area (Å²) in [6.45, 7) is 0. The first-order valence-corrected chi connectivity index (χ1v) is 9.28. The molecule has 0 saturated heterocycles. The number of amides is 1. The number of hydrogen-bond donors (Lipinski definition) is 1. The molecule has 1 saturated carbocycles. The molecule has 0 spiro atoms. The minimum atomic E-state index is -0.757. The van der Waals surface area contributed by atoms with Crippen LogP contribution in [-0.4, -0.2) is 15.8 Å². The Morgan fingerprint density at radius 3 is 2.39 bits per heavy atom. The third-order valence-electron chi connectivity index (χ3n) is 5.09. The molecule has 1 amide bonds. The molecule has 5 nitrogen and oxygen atoms in total. The zero-order valence-electron chi connectivity index (χ0n) is 15.1. The Kier molecular flexibility index (Phi) is 4.90. The van der Waals surface area contributed by atoms with Crippen molar-refractivity contribution in [3.63, 3.8) is 0 Å². The molecule has 3 aromatic rings. The summed E-state index contributed by atoms with van der Waals surface area (Å²) in [5, 5.41) is 5.71. The van der Waals surface area contributed by atoms with E-state index >= 15 is 0 Å². The lowest BCUT2D eigenvalue weighted by molar-refractivity contribution is -0.116. The number of fused-ring (bicyclic) bond motifs is 1. The predicted molar refractivity (Wildman–Crippen MR) is 102 cm³/mol. The maximum atomic E-state index is 13.3. The lowest BCUT2D eigenvalue weighted by Gasteiger charge is -2.15. The van der Waals surface area contributed by atoms with Crippen LogP contribution in [0.4, 0.5) is 8.78 Å². The molecule has 0 atom stereocenters. The molecule has 144 valence electrons. The highest BCUT2D eigenvalue weighted by atomic mass is 19.1. The fourth-order valence-corrected chi connectivity index (χ4v) is 3.85. The van der Waals surface area contributed by atoms with Crippen molar-refractivity contribution in [1.82, 2.24) is 9.89 Å². The van der Waals surface area contributed by atoms with Crippen LogP contribution < -0.4 is 11.0 Å². The maximum Gasteiger partial charge on any atom is 0.294 e. The average molecular weight is 383 g/mol. The fraction of sp³-hybridized carbons (Fsp3) is 0.286. The van der Waals surface area contributed by atoms with E-state index in [0.717, 1.165) is 59.8 Å². The van der Waals surface area contributed by atoms with E-state index in [9.17, 15) is 18.4 Å². The zero-order valence-corrected chi connectivity index (χ0v) is 15.1. The largest absolute Gasteiger partial charge is 0.294 e. The smallest absolute Gasteiger partial charge is 0.273 e. The van der Waals surface area contributed by atoms with Gasteiger partial charge < -0.3 is 0 Å². The summed E-state index contributed by atoms with van der Waals surface area (Å²) in [5.74, 6) is -1.85. The van der Waals surface area contributed by atoms with Gasteiger partial charge in [0, 0.05) is 17.4 Å². The number of rotatable bonds is 4. The molecule has 1 aliphatic carbocycles. The van der Waals surface area contributed by atoms with Gasteiger partial charge >= 0.3 is 0 Å². The van der Waals surface area contributed by atoms with Gasteiger partial charge in [0.25, 0.3) is 5.56 Å². The number of nitrogens with one attached hydrogen (secondary N) is 1. The summed E-state index contributed by atoms with van der Waals surface area (Å²) in [4.78, 5) is 26.1. The highest BCUT2D eigenvalue weighted by molar-refractivity contribution is 5.87. The summed E-state index contributed by atoms with van der Waals surface area (Å²) in [6, 6.07) is 10.1. The third-order valence-corrected chi connectivity index (χ3v) is 5.09. The van der Waals surface area contributed by atoms with Crippen LogP contribution in [0.1, 0.15) is 42.9 Å². The molecule has 7 heteroatoms. The minimum absolute atomic E-state index is 0.180. The Morgan fingerprint density at radius 1 is 1.07 bits per heavy atom. The average Bonchev–Trinajstić information content (AvgIpc) is 3.17. The minimum Gasteiger partial charge on any atom is -0.273 e. The Morgan fingerprint density at radius 2 is 1.71 bits per heavy atom. The van der Waals surface area contributed by atoms with Gasteiger partial charge in [-0.25, -0.2) is 14.2 Å². The third kappa shape index (κ3) is 3.65. The van der Waals surface area contributed by atoms with E-state index in [4.69, 9.17) is 0 Å². The van der Waals surface area contributed by atoms with Crippen LogP contribution in [0.15, 0.2) is 47.3 Å². The molecule has 0 aliphatic heterocycles.